The molecule has 1 aromatic carbocycles. The number of hydrogen-bond donors (Lipinski definition) is 1. The normalized spacial score (nSPS) is 16.2. The van der Waals surface area contributed by atoms with E-state index in [9.17, 15) is 0 Å². The molecule has 0 radical (unpaired) electrons. The van der Waals surface area contributed by atoms with Gasteiger partial charge in [-0.2, -0.15) is 0 Å². The summed E-state index contributed by atoms with van der Waals surface area (Å²) in [4.78, 5) is 4.14. The van der Waals surface area contributed by atoms with Gasteiger partial charge in [0.2, 0.25) is 0 Å². The first-order valence-corrected chi connectivity index (χ1v) is 6.08. The van der Waals surface area contributed by atoms with Crippen molar-refractivity contribution in [3.05, 3.63) is 18.2 Å². The first kappa shape index (κ1) is 13.0. The molecule has 98 valence electrons. The van der Waals surface area contributed by atoms with Gasteiger partial charge >= 0.3 is 0 Å². The maximum Gasteiger partial charge on any atom is 0.162 e. The van der Waals surface area contributed by atoms with E-state index in [1.165, 1.54) is 0 Å². The highest BCUT2D eigenvalue weighted by atomic mass is 35.5. The highest BCUT2D eigenvalue weighted by molar-refractivity contribution is 6.28. The van der Waals surface area contributed by atoms with Crippen molar-refractivity contribution in [1.82, 2.24) is 0 Å². The summed E-state index contributed by atoms with van der Waals surface area (Å²) < 4.78 is 16.0. The van der Waals surface area contributed by atoms with Crippen LogP contribution in [0.5, 0.6) is 11.5 Å². The Kier molecular flexibility index (Phi) is 4.28. The van der Waals surface area contributed by atoms with Crippen molar-refractivity contribution < 1.29 is 14.2 Å². The molecule has 1 fully saturated rings. The minimum absolute atomic E-state index is 0.0983. The number of halogens is 1. The van der Waals surface area contributed by atoms with Gasteiger partial charge in [-0.15, -0.1) is 11.6 Å². The Balaban J connectivity index is 2.16. The van der Waals surface area contributed by atoms with Crippen molar-refractivity contribution in [2.45, 2.75) is 6.10 Å². The molecule has 2 N–H and O–H groups in total. The quantitative estimate of drug-likeness (QED) is 0.502. The van der Waals surface area contributed by atoms with Crippen LogP contribution in [0.1, 0.15) is 0 Å². The maximum atomic E-state index is 5.70. The predicted octanol–water partition coefficient (Wildman–Crippen LogP) is 1.70. The molecule has 1 heterocycles. The minimum Gasteiger partial charge on any atom is -0.493 e. The summed E-state index contributed by atoms with van der Waals surface area (Å²) in [6.07, 6.45) is 0.0983. The molecule has 0 aromatic heterocycles. The summed E-state index contributed by atoms with van der Waals surface area (Å²) in [7, 11) is 1.58. The van der Waals surface area contributed by atoms with Gasteiger partial charge in [-0.05, 0) is 12.1 Å². The van der Waals surface area contributed by atoms with E-state index in [1.807, 2.05) is 0 Å². The first-order chi connectivity index (χ1) is 8.72. The van der Waals surface area contributed by atoms with Crippen molar-refractivity contribution in [2.75, 3.05) is 26.2 Å². The van der Waals surface area contributed by atoms with Crippen LogP contribution >= 0.6 is 11.6 Å². The van der Waals surface area contributed by atoms with Gasteiger partial charge < -0.3 is 19.9 Å². The molecule has 0 aliphatic carbocycles. The second-order valence-corrected chi connectivity index (χ2v) is 4.12. The average Bonchev–Trinajstić information content (AvgIpc) is 2.34. The van der Waals surface area contributed by atoms with Gasteiger partial charge in [-0.25, -0.2) is 4.99 Å². The van der Waals surface area contributed by atoms with Crippen LogP contribution in [0.3, 0.4) is 0 Å². The topological polar surface area (TPSA) is 66.1 Å². The molecule has 1 saturated heterocycles. The molecule has 6 heteroatoms. The fraction of sp³-hybridized carbons (Fsp3) is 0.417. The number of alkyl halides is 1. The number of nitrogens with zero attached hydrogens (tertiary/aromatic N) is 1. The molecule has 18 heavy (non-hydrogen) atoms. The molecule has 0 saturated carbocycles. The second kappa shape index (κ2) is 5.93. The lowest BCUT2D eigenvalue weighted by Crippen LogP contribution is -2.38. The van der Waals surface area contributed by atoms with Crippen molar-refractivity contribution in [2.24, 2.45) is 10.7 Å². The lowest BCUT2D eigenvalue weighted by Gasteiger charge is -2.27. The third-order valence-corrected chi connectivity index (χ3v) is 2.73. The van der Waals surface area contributed by atoms with Gasteiger partial charge in [0, 0.05) is 6.07 Å². The molecule has 5 nitrogen and oxygen atoms in total. The van der Waals surface area contributed by atoms with E-state index in [1.54, 1.807) is 25.3 Å². The summed E-state index contributed by atoms with van der Waals surface area (Å²) in [5.74, 6) is 1.85. The minimum atomic E-state index is 0.0983. The fourth-order valence-corrected chi connectivity index (χ4v) is 1.54. The Morgan fingerprint density at radius 1 is 1.50 bits per heavy atom. The van der Waals surface area contributed by atoms with Gasteiger partial charge in [-0.3, -0.25) is 0 Å². The lowest BCUT2D eigenvalue weighted by atomic mass is 10.2. The van der Waals surface area contributed by atoms with Crippen molar-refractivity contribution in [3.63, 3.8) is 0 Å². The number of ether oxygens (including phenoxy) is 3. The molecule has 1 aliphatic rings. The molecule has 1 aromatic rings. The second-order valence-electron chi connectivity index (χ2n) is 3.85. The number of nitrogens with two attached hydrogens (primary N) is 1. The zero-order valence-corrected chi connectivity index (χ0v) is 10.8. The number of aliphatic imine (C=N–C) groups is 1. The van der Waals surface area contributed by atoms with Gasteiger partial charge in [0.1, 0.15) is 11.9 Å². The van der Waals surface area contributed by atoms with Gasteiger partial charge in [0.25, 0.3) is 0 Å². The smallest absolute Gasteiger partial charge is 0.162 e. The SMILES string of the molecule is COc1cc(N=C(N)CCl)ccc1OC1COC1. The van der Waals surface area contributed by atoms with Crippen molar-refractivity contribution >= 4 is 23.1 Å². The van der Waals surface area contributed by atoms with Crippen LogP contribution in [0.2, 0.25) is 0 Å². The average molecular weight is 271 g/mol. The molecular weight excluding hydrogens is 256 g/mol. The molecule has 2 rings (SSSR count). The maximum absolute atomic E-state index is 5.70. The Labute approximate surface area is 110 Å². The summed E-state index contributed by atoms with van der Waals surface area (Å²) in [5.41, 5.74) is 6.26. The van der Waals surface area contributed by atoms with E-state index >= 15 is 0 Å². The summed E-state index contributed by atoms with van der Waals surface area (Å²) in [6.45, 7) is 1.23. The Morgan fingerprint density at radius 3 is 2.83 bits per heavy atom. The van der Waals surface area contributed by atoms with Crippen LogP contribution in [0.4, 0.5) is 5.69 Å². The number of methoxy groups -OCH3 is 1. The molecule has 0 bridgehead atoms. The third kappa shape index (κ3) is 3.05. The third-order valence-electron chi connectivity index (χ3n) is 2.46. The number of rotatable bonds is 5. The number of benzene rings is 1. The Morgan fingerprint density at radius 2 is 2.28 bits per heavy atom. The van der Waals surface area contributed by atoms with E-state index in [0.717, 1.165) is 0 Å². The summed E-state index contributed by atoms with van der Waals surface area (Å²) in [6, 6.07) is 5.36. The predicted molar refractivity (Wildman–Crippen MR) is 70.2 cm³/mol. The standard InChI is InChI=1S/C12H15ClN2O3/c1-16-11-4-8(15-12(14)5-13)2-3-10(11)18-9-6-17-7-9/h2-4,9H,5-7H2,1H3,(H2,14,15). The summed E-state index contributed by atoms with van der Waals surface area (Å²) in [5, 5.41) is 0. The van der Waals surface area contributed by atoms with Gasteiger partial charge in [-0.1, -0.05) is 0 Å². The van der Waals surface area contributed by atoms with Crippen molar-refractivity contribution in [1.29, 1.82) is 0 Å². The molecule has 0 unspecified atom stereocenters. The fourth-order valence-electron chi connectivity index (χ4n) is 1.48. The van der Waals surface area contributed by atoms with E-state index in [4.69, 9.17) is 31.5 Å². The lowest BCUT2D eigenvalue weighted by molar-refractivity contribution is -0.0803. The Bertz CT molecular complexity index is 447. The van der Waals surface area contributed by atoms with Crippen LogP contribution in [0, 0.1) is 0 Å². The number of hydrogen-bond acceptors (Lipinski definition) is 4. The van der Waals surface area contributed by atoms with E-state index in [0.29, 0.717) is 36.2 Å². The summed E-state index contributed by atoms with van der Waals surface area (Å²) >= 11 is 5.58. The van der Waals surface area contributed by atoms with Crippen LogP contribution in [0.15, 0.2) is 23.2 Å². The van der Waals surface area contributed by atoms with Gasteiger partial charge in [0.05, 0.1) is 31.9 Å². The highest BCUT2D eigenvalue weighted by Gasteiger charge is 2.21. The van der Waals surface area contributed by atoms with Crippen molar-refractivity contribution in [3.8, 4) is 11.5 Å². The first-order valence-electron chi connectivity index (χ1n) is 5.54. The molecule has 1 aliphatic heterocycles. The van der Waals surface area contributed by atoms with Crippen LogP contribution in [0.25, 0.3) is 0 Å². The monoisotopic (exact) mass is 270 g/mol. The zero-order chi connectivity index (χ0) is 13.0. The molecule has 0 atom stereocenters. The molecule has 0 spiro atoms. The molecular formula is C12H15ClN2O3. The van der Waals surface area contributed by atoms with Crippen LogP contribution in [-0.2, 0) is 4.74 Å². The van der Waals surface area contributed by atoms with E-state index < -0.39 is 0 Å². The largest absolute Gasteiger partial charge is 0.493 e. The highest BCUT2D eigenvalue weighted by Crippen LogP contribution is 2.32. The van der Waals surface area contributed by atoms with E-state index in [-0.39, 0.29) is 12.0 Å². The van der Waals surface area contributed by atoms with E-state index in [2.05, 4.69) is 4.99 Å². The van der Waals surface area contributed by atoms with Gasteiger partial charge in [0.15, 0.2) is 11.5 Å². The van der Waals surface area contributed by atoms with Crippen LogP contribution < -0.4 is 15.2 Å². The molecule has 0 amide bonds. The zero-order valence-electron chi connectivity index (χ0n) is 10.1. The Hall–Kier alpha value is -1.46. The number of amidine groups is 1. The van der Waals surface area contributed by atoms with Crippen LogP contribution in [-0.4, -0.2) is 38.1 Å².